The highest BCUT2D eigenvalue weighted by atomic mass is 16.1. The van der Waals surface area contributed by atoms with Crippen LogP contribution in [0.25, 0.3) is 0 Å². The summed E-state index contributed by atoms with van der Waals surface area (Å²) < 4.78 is 1.99. The first kappa shape index (κ1) is 15.9. The summed E-state index contributed by atoms with van der Waals surface area (Å²) in [7, 11) is 0. The van der Waals surface area contributed by atoms with Crippen LogP contribution in [0.2, 0.25) is 0 Å². The Morgan fingerprint density at radius 3 is 2.70 bits per heavy atom. The Hall–Kier alpha value is -2.01. The van der Waals surface area contributed by atoms with Crippen LogP contribution in [0.4, 0.5) is 0 Å². The fourth-order valence-corrected chi connectivity index (χ4v) is 3.23. The van der Waals surface area contributed by atoms with Gasteiger partial charge in [0.05, 0.1) is 0 Å². The molecule has 5 heteroatoms. The minimum atomic E-state index is 0.202. The number of Topliss-reactive ketones (excluding diaryl/α,β-unsaturated/α-hetero) is 1. The standard InChI is InChI=1S/C18H24N4O/c23-18(9-8-16-5-2-1-3-6-16)17-7-4-10-21(13-17)11-12-22-14-19-20-15-22/h1-3,5-6,14-15,17H,4,7-13H2. The molecule has 0 radical (unpaired) electrons. The molecule has 2 heterocycles. The lowest BCUT2D eigenvalue weighted by molar-refractivity contribution is -0.124. The largest absolute Gasteiger partial charge is 0.319 e. The van der Waals surface area contributed by atoms with Crippen LogP contribution in [-0.4, -0.2) is 45.1 Å². The molecule has 122 valence electrons. The van der Waals surface area contributed by atoms with Gasteiger partial charge >= 0.3 is 0 Å². The van der Waals surface area contributed by atoms with Gasteiger partial charge in [-0.2, -0.15) is 0 Å². The number of aromatic nitrogens is 3. The SMILES string of the molecule is O=C(CCc1ccccc1)C1CCCN(CCn2cnnc2)C1. The second kappa shape index (κ2) is 8.02. The first-order chi connectivity index (χ1) is 11.3. The molecule has 23 heavy (non-hydrogen) atoms. The van der Waals surface area contributed by atoms with Gasteiger partial charge in [-0.05, 0) is 31.4 Å². The minimum absolute atomic E-state index is 0.202. The van der Waals surface area contributed by atoms with Crippen LogP contribution in [-0.2, 0) is 17.8 Å². The number of carbonyl (C=O) groups is 1. The molecule has 0 N–H and O–H groups in total. The number of hydrogen-bond acceptors (Lipinski definition) is 4. The summed E-state index contributed by atoms with van der Waals surface area (Å²) in [5.41, 5.74) is 1.25. The second-order valence-corrected chi connectivity index (χ2v) is 6.29. The average Bonchev–Trinajstić information content (AvgIpc) is 3.12. The first-order valence-corrected chi connectivity index (χ1v) is 8.42. The third-order valence-electron chi connectivity index (χ3n) is 4.60. The number of hydrogen-bond donors (Lipinski definition) is 0. The number of ketones is 1. The summed E-state index contributed by atoms with van der Waals surface area (Å²) in [6.07, 6.45) is 7.16. The molecular weight excluding hydrogens is 288 g/mol. The van der Waals surface area contributed by atoms with E-state index in [-0.39, 0.29) is 5.92 Å². The molecule has 1 aromatic carbocycles. The van der Waals surface area contributed by atoms with Crippen molar-refractivity contribution in [3.05, 3.63) is 48.5 Å². The Morgan fingerprint density at radius 2 is 1.91 bits per heavy atom. The highest BCUT2D eigenvalue weighted by molar-refractivity contribution is 5.81. The van der Waals surface area contributed by atoms with Crippen molar-refractivity contribution >= 4 is 5.78 Å². The molecule has 3 rings (SSSR count). The van der Waals surface area contributed by atoms with E-state index >= 15 is 0 Å². The van der Waals surface area contributed by atoms with Crippen molar-refractivity contribution < 1.29 is 4.79 Å². The topological polar surface area (TPSA) is 51.0 Å². The normalized spacial score (nSPS) is 18.9. The lowest BCUT2D eigenvalue weighted by Crippen LogP contribution is -2.40. The monoisotopic (exact) mass is 312 g/mol. The first-order valence-electron chi connectivity index (χ1n) is 8.42. The zero-order valence-electron chi connectivity index (χ0n) is 13.5. The molecule has 0 spiro atoms. The van der Waals surface area contributed by atoms with Gasteiger partial charge in [0.2, 0.25) is 0 Å². The number of piperidine rings is 1. The lowest BCUT2D eigenvalue weighted by Gasteiger charge is -2.32. The summed E-state index contributed by atoms with van der Waals surface area (Å²) in [4.78, 5) is 14.9. The third kappa shape index (κ3) is 4.73. The van der Waals surface area contributed by atoms with Crippen molar-refractivity contribution in [2.45, 2.75) is 32.2 Å². The number of aryl methyl sites for hydroxylation is 1. The average molecular weight is 312 g/mol. The maximum Gasteiger partial charge on any atom is 0.137 e. The van der Waals surface area contributed by atoms with E-state index in [4.69, 9.17) is 0 Å². The fraction of sp³-hybridized carbons (Fsp3) is 0.500. The maximum atomic E-state index is 12.5. The van der Waals surface area contributed by atoms with E-state index < -0.39 is 0 Å². The zero-order valence-corrected chi connectivity index (χ0v) is 13.5. The Morgan fingerprint density at radius 1 is 1.13 bits per heavy atom. The van der Waals surface area contributed by atoms with Gasteiger partial charge < -0.3 is 9.47 Å². The molecule has 1 saturated heterocycles. The summed E-state index contributed by atoms with van der Waals surface area (Å²) >= 11 is 0. The molecule has 1 unspecified atom stereocenters. The van der Waals surface area contributed by atoms with Crippen molar-refractivity contribution in [2.75, 3.05) is 19.6 Å². The summed E-state index contributed by atoms with van der Waals surface area (Å²) in [5, 5.41) is 7.65. The Labute approximate surface area is 137 Å². The van der Waals surface area contributed by atoms with E-state index in [1.807, 2.05) is 22.8 Å². The van der Waals surface area contributed by atoms with E-state index in [1.54, 1.807) is 12.7 Å². The highest BCUT2D eigenvalue weighted by Crippen LogP contribution is 2.19. The van der Waals surface area contributed by atoms with Crippen molar-refractivity contribution in [1.29, 1.82) is 0 Å². The highest BCUT2D eigenvalue weighted by Gasteiger charge is 2.25. The van der Waals surface area contributed by atoms with Crippen molar-refractivity contribution in [2.24, 2.45) is 5.92 Å². The molecule has 1 atom stereocenters. The van der Waals surface area contributed by atoms with E-state index in [9.17, 15) is 4.79 Å². The van der Waals surface area contributed by atoms with Gasteiger partial charge in [0, 0.05) is 32.0 Å². The smallest absolute Gasteiger partial charge is 0.137 e. The van der Waals surface area contributed by atoms with E-state index in [2.05, 4.69) is 27.2 Å². The van der Waals surface area contributed by atoms with Crippen molar-refractivity contribution in [3.63, 3.8) is 0 Å². The number of benzene rings is 1. The number of carbonyl (C=O) groups excluding carboxylic acids is 1. The van der Waals surface area contributed by atoms with Gasteiger partial charge in [0.1, 0.15) is 18.4 Å². The molecule has 1 aliphatic rings. The van der Waals surface area contributed by atoms with Crippen LogP contribution in [0.5, 0.6) is 0 Å². The predicted molar refractivity (Wildman–Crippen MR) is 89.0 cm³/mol. The fourth-order valence-electron chi connectivity index (χ4n) is 3.23. The van der Waals surface area contributed by atoms with Crippen LogP contribution >= 0.6 is 0 Å². The molecule has 0 amide bonds. The molecule has 0 bridgehead atoms. The molecule has 1 aromatic heterocycles. The molecule has 1 aliphatic heterocycles. The number of rotatable bonds is 7. The number of nitrogens with zero attached hydrogens (tertiary/aromatic N) is 4. The summed E-state index contributed by atoms with van der Waals surface area (Å²) in [6, 6.07) is 10.3. The van der Waals surface area contributed by atoms with Gasteiger partial charge in [-0.25, -0.2) is 0 Å². The van der Waals surface area contributed by atoms with Gasteiger partial charge in [0.25, 0.3) is 0 Å². The van der Waals surface area contributed by atoms with Crippen LogP contribution in [0.1, 0.15) is 24.8 Å². The lowest BCUT2D eigenvalue weighted by atomic mass is 9.90. The quantitative estimate of drug-likeness (QED) is 0.786. The Balaban J connectivity index is 1.44. The van der Waals surface area contributed by atoms with Crippen molar-refractivity contribution in [1.82, 2.24) is 19.7 Å². The molecule has 0 saturated carbocycles. The molecule has 0 aliphatic carbocycles. The van der Waals surface area contributed by atoms with E-state index in [0.717, 1.165) is 45.4 Å². The van der Waals surface area contributed by atoms with Gasteiger partial charge in [-0.3, -0.25) is 4.79 Å². The summed E-state index contributed by atoms with van der Waals surface area (Å²) in [6.45, 7) is 3.83. The summed E-state index contributed by atoms with van der Waals surface area (Å²) in [5.74, 6) is 0.622. The van der Waals surface area contributed by atoms with Crippen molar-refractivity contribution in [3.8, 4) is 0 Å². The van der Waals surface area contributed by atoms with Gasteiger partial charge in [-0.1, -0.05) is 30.3 Å². The third-order valence-corrected chi connectivity index (χ3v) is 4.60. The zero-order chi connectivity index (χ0) is 15.9. The predicted octanol–water partition coefficient (Wildman–Crippen LogP) is 2.19. The molecule has 2 aromatic rings. The van der Waals surface area contributed by atoms with Crippen LogP contribution in [0, 0.1) is 5.92 Å². The Kier molecular flexibility index (Phi) is 5.53. The van der Waals surface area contributed by atoms with Gasteiger partial charge in [-0.15, -0.1) is 10.2 Å². The minimum Gasteiger partial charge on any atom is -0.319 e. The van der Waals surface area contributed by atoms with E-state index in [0.29, 0.717) is 12.2 Å². The van der Waals surface area contributed by atoms with E-state index in [1.165, 1.54) is 5.56 Å². The maximum absolute atomic E-state index is 12.5. The second-order valence-electron chi connectivity index (χ2n) is 6.29. The molecule has 5 nitrogen and oxygen atoms in total. The van der Waals surface area contributed by atoms with Crippen LogP contribution in [0.15, 0.2) is 43.0 Å². The molecular formula is C18H24N4O. The number of likely N-dealkylation sites (tertiary alicyclic amines) is 1. The van der Waals surface area contributed by atoms with Gasteiger partial charge in [0.15, 0.2) is 0 Å². The van der Waals surface area contributed by atoms with Crippen LogP contribution < -0.4 is 0 Å². The Bertz CT molecular complexity index is 597. The van der Waals surface area contributed by atoms with Crippen LogP contribution in [0.3, 0.4) is 0 Å². The molecule has 1 fully saturated rings.